The van der Waals surface area contributed by atoms with Gasteiger partial charge in [0.25, 0.3) is 11.5 Å². The van der Waals surface area contributed by atoms with Crippen LogP contribution in [0.15, 0.2) is 29.1 Å². The van der Waals surface area contributed by atoms with Crippen molar-refractivity contribution in [2.45, 2.75) is 26.3 Å². The van der Waals surface area contributed by atoms with Gasteiger partial charge in [0.1, 0.15) is 15.3 Å². The van der Waals surface area contributed by atoms with Gasteiger partial charge in [-0.1, -0.05) is 12.0 Å². The van der Waals surface area contributed by atoms with Crippen LogP contribution in [-0.4, -0.2) is 47.5 Å². The normalized spacial score (nSPS) is 14.7. The van der Waals surface area contributed by atoms with E-state index >= 15 is 0 Å². The molecule has 1 aromatic carbocycles. The molecular formula is C24H26N6O3S. The van der Waals surface area contributed by atoms with Crippen molar-refractivity contribution in [2.24, 2.45) is 0 Å². The number of likely N-dealkylation sites (tertiary alicyclic amines) is 1. The third-order valence-electron chi connectivity index (χ3n) is 5.21. The van der Waals surface area contributed by atoms with Crippen LogP contribution < -0.4 is 30.7 Å². The highest BCUT2D eigenvalue weighted by molar-refractivity contribution is 7.07. The van der Waals surface area contributed by atoms with E-state index in [9.17, 15) is 19.6 Å². The van der Waals surface area contributed by atoms with Gasteiger partial charge in [-0.15, -0.1) is 17.8 Å². The van der Waals surface area contributed by atoms with Crippen LogP contribution in [0.25, 0.3) is 11.8 Å². The number of nitrogens with one attached hydrogen (secondary N) is 3. The first kappa shape index (κ1) is 24.8. The molecule has 0 spiro atoms. The lowest BCUT2D eigenvalue weighted by atomic mass is 10.2. The molecule has 34 heavy (non-hydrogen) atoms. The molecule has 9 nitrogen and oxygen atoms in total. The summed E-state index contributed by atoms with van der Waals surface area (Å²) in [5.74, 6) is 1.59. The Bertz CT molecular complexity index is 1320. The standard InChI is InChI=1S/C24H26N6O3S/c1-3-10-26-22(32)19(14-25)24-30(4-2)23(33)20(34-24)15-27-17-8-7-9-18(13-17)28-21(31)16-29-11-5-6-12-29/h1,7-9,13,15,27H,4-6,10-12,16H2,2H3,(H,26,32)(H,28,31)/b20-15+,24-19-. The van der Waals surface area contributed by atoms with E-state index in [1.165, 1.54) is 10.8 Å². The summed E-state index contributed by atoms with van der Waals surface area (Å²) in [6, 6.07) is 9.04. The fourth-order valence-electron chi connectivity index (χ4n) is 3.59. The lowest BCUT2D eigenvalue weighted by molar-refractivity contribution is -0.117. The van der Waals surface area contributed by atoms with Crippen molar-refractivity contribution >= 4 is 46.3 Å². The van der Waals surface area contributed by atoms with Crippen LogP contribution in [-0.2, 0) is 16.1 Å². The van der Waals surface area contributed by atoms with E-state index in [-0.39, 0.29) is 28.2 Å². The van der Waals surface area contributed by atoms with Gasteiger partial charge in [0.15, 0.2) is 5.57 Å². The van der Waals surface area contributed by atoms with Gasteiger partial charge in [-0.05, 0) is 51.1 Å². The largest absolute Gasteiger partial charge is 0.360 e. The second-order valence-corrected chi connectivity index (χ2v) is 8.63. The molecule has 0 saturated carbocycles. The minimum absolute atomic E-state index is 0.0167. The molecule has 1 fully saturated rings. The van der Waals surface area contributed by atoms with Gasteiger partial charge in [0.2, 0.25) is 5.91 Å². The third-order valence-corrected chi connectivity index (χ3v) is 6.34. The summed E-state index contributed by atoms with van der Waals surface area (Å²) in [7, 11) is 0. The first-order valence-electron chi connectivity index (χ1n) is 10.9. The summed E-state index contributed by atoms with van der Waals surface area (Å²) >= 11 is 1.04. The zero-order valence-electron chi connectivity index (χ0n) is 18.9. The number of rotatable bonds is 8. The second kappa shape index (κ2) is 11.8. The monoisotopic (exact) mass is 478 g/mol. The number of anilines is 2. The maximum Gasteiger partial charge on any atom is 0.270 e. The number of hydrogen-bond acceptors (Lipinski definition) is 7. The van der Waals surface area contributed by atoms with Gasteiger partial charge in [0, 0.05) is 24.1 Å². The van der Waals surface area contributed by atoms with Crippen molar-refractivity contribution in [3.8, 4) is 18.4 Å². The van der Waals surface area contributed by atoms with Crippen LogP contribution in [0.1, 0.15) is 19.8 Å². The summed E-state index contributed by atoms with van der Waals surface area (Å²) in [6.07, 6.45) is 8.93. The quantitative estimate of drug-likeness (QED) is 0.468. The molecule has 0 unspecified atom stereocenters. The van der Waals surface area contributed by atoms with Crippen LogP contribution in [0, 0.1) is 23.7 Å². The molecule has 2 amide bonds. The van der Waals surface area contributed by atoms with Crippen LogP contribution in [0.4, 0.5) is 11.4 Å². The summed E-state index contributed by atoms with van der Waals surface area (Å²) in [4.78, 5) is 39.5. The van der Waals surface area contributed by atoms with E-state index < -0.39 is 5.91 Å². The molecule has 1 aliphatic heterocycles. The number of aromatic nitrogens is 1. The van der Waals surface area contributed by atoms with Crippen molar-refractivity contribution in [1.82, 2.24) is 14.8 Å². The zero-order chi connectivity index (χ0) is 24.5. The zero-order valence-corrected chi connectivity index (χ0v) is 19.7. The average Bonchev–Trinajstić information content (AvgIpc) is 3.44. The molecule has 3 N–H and O–H groups in total. The molecule has 0 bridgehead atoms. The first-order valence-corrected chi connectivity index (χ1v) is 11.7. The maximum absolute atomic E-state index is 12.8. The number of hydrogen-bond donors (Lipinski definition) is 3. The van der Waals surface area contributed by atoms with Crippen molar-refractivity contribution in [3.05, 3.63) is 43.8 Å². The summed E-state index contributed by atoms with van der Waals surface area (Å²) in [6.45, 7) is 4.29. The predicted molar refractivity (Wildman–Crippen MR) is 133 cm³/mol. The van der Waals surface area contributed by atoms with Crippen LogP contribution in [0.3, 0.4) is 0 Å². The Hall–Kier alpha value is -3.86. The van der Waals surface area contributed by atoms with Crippen LogP contribution >= 0.6 is 11.3 Å². The molecule has 2 aromatic rings. The maximum atomic E-state index is 12.8. The van der Waals surface area contributed by atoms with E-state index in [1.54, 1.807) is 31.2 Å². The molecule has 0 atom stereocenters. The smallest absolute Gasteiger partial charge is 0.270 e. The highest BCUT2D eigenvalue weighted by atomic mass is 32.1. The number of benzene rings is 1. The van der Waals surface area contributed by atoms with E-state index in [2.05, 4.69) is 26.8 Å². The SMILES string of the molecule is C#CCNC(=O)/C(C#N)=c1\s/c(=C/Nc2cccc(NC(=O)CN3CCCC3)c2)c(=O)n1CC. The van der Waals surface area contributed by atoms with Crippen molar-refractivity contribution in [1.29, 1.82) is 5.26 Å². The van der Waals surface area contributed by atoms with Gasteiger partial charge < -0.3 is 16.0 Å². The molecule has 0 aliphatic carbocycles. The highest BCUT2D eigenvalue weighted by Gasteiger charge is 2.16. The van der Waals surface area contributed by atoms with Crippen LogP contribution in [0.5, 0.6) is 0 Å². The fraction of sp³-hybridized carbons (Fsp3) is 0.333. The number of carbonyl (C=O) groups is 2. The van der Waals surface area contributed by atoms with Gasteiger partial charge in [-0.25, -0.2) is 0 Å². The van der Waals surface area contributed by atoms with Crippen molar-refractivity contribution < 1.29 is 9.59 Å². The van der Waals surface area contributed by atoms with Gasteiger partial charge >= 0.3 is 0 Å². The first-order chi connectivity index (χ1) is 16.5. The number of carbonyl (C=O) groups excluding carboxylic acids is 2. The van der Waals surface area contributed by atoms with Crippen LogP contribution in [0.2, 0.25) is 0 Å². The van der Waals surface area contributed by atoms with Gasteiger partial charge in [-0.3, -0.25) is 23.9 Å². The Morgan fingerprint density at radius 2 is 2.00 bits per heavy atom. The fourth-order valence-corrected chi connectivity index (χ4v) is 4.67. The van der Waals surface area contributed by atoms with Crippen molar-refractivity contribution in [3.63, 3.8) is 0 Å². The van der Waals surface area contributed by atoms with E-state index in [1.807, 2.05) is 6.07 Å². The number of nitriles is 1. The Balaban J connectivity index is 1.82. The predicted octanol–water partition coefficient (Wildman–Crippen LogP) is 0.238. The minimum atomic E-state index is -0.624. The van der Waals surface area contributed by atoms with Crippen molar-refractivity contribution in [2.75, 3.05) is 36.8 Å². The number of amides is 2. The summed E-state index contributed by atoms with van der Waals surface area (Å²) in [5, 5.41) is 17.9. The average molecular weight is 479 g/mol. The van der Waals surface area contributed by atoms with E-state index in [0.717, 1.165) is 37.3 Å². The lowest BCUT2D eigenvalue weighted by Crippen LogP contribution is -2.34. The summed E-state index contributed by atoms with van der Waals surface area (Å²) in [5.41, 5.74) is 0.836. The molecule has 2 heterocycles. The number of thiazole rings is 1. The topological polar surface area (TPSA) is 119 Å². The molecule has 10 heteroatoms. The summed E-state index contributed by atoms with van der Waals surface area (Å²) < 4.78 is 1.97. The molecule has 1 aliphatic rings. The molecule has 176 valence electrons. The third kappa shape index (κ3) is 6.13. The molecule has 3 rings (SSSR count). The molecule has 1 aromatic heterocycles. The number of nitrogens with zero attached hydrogens (tertiary/aromatic N) is 3. The van der Waals surface area contributed by atoms with E-state index in [0.29, 0.717) is 29.0 Å². The van der Waals surface area contributed by atoms with E-state index in [4.69, 9.17) is 6.42 Å². The Morgan fingerprint density at radius 3 is 2.68 bits per heavy atom. The van der Waals surface area contributed by atoms with Gasteiger partial charge in [-0.2, -0.15) is 5.26 Å². The molecule has 0 radical (unpaired) electrons. The Labute approximate surface area is 201 Å². The minimum Gasteiger partial charge on any atom is -0.360 e. The highest BCUT2D eigenvalue weighted by Crippen LogP contribution is 2.15. The lowest BCUT2D eigenvalue weighted by Gasteiger charge is -2.14. The molecular weight excluding hydrogens is 452 g/mol. The molecule has 1 saturated heterocycles. The number of terminal acetylenes is 1. The Morgan fingerprint density at radius 1 is 1.26 bits per heavy atom. The Kier molecular flexibility index (Phi) is 8.63. The van der Waals surface area contributed by atoms with Gasteiger partial charge in [0.05, 0.1) is 13.1 Å². The second-order valence-electron chi connectivity index (χ2n) is 7.60.